The SMILES string of the molecule is CCOC(=O)CNc1ccc(CN=Cc2cccc([N+](=O)[O-])c2)cc1. The molecule has 1 N–H and O–H groups in total. The summed E-state index contributed by atoms with van der Waals surface area (Å²) in [6.07, 6.45) is 1.61. The molecule has 0 saturated heterocycles. The van der Waals surface area contributed by atoms with Gasteiger partial charge in [0.2, 0.25) is 0 Å². The Morgan fingerprint density at radius 1 is 1.28 bits per heavy atom. The Labute approximate surface area is 145 Å². The number of nitrogens with zero attached hydrogens (tertiary/aromatic N) is 2. The summed E-state index contributed by atoms with van der Waals surface area (Å²) >= 11 is 0. The van der Waals surface area contributed by atoms with Crippen LogP contribution in [0, 0.1) is 10.1 Å². The smallest absolute Gasteiger partial charge is 0.325 e. The summed E-state index contributed by atoms with van der Waals surface area (Å²) in [4.78, 5) is 25.9. The van der Waals surface area contributed by atoms with Gasteiger partial charge in [0.25, 0.3) is 5.69 Å². The number of hydrogen-bond donors (Lipinski definition) is 1. The number of nitro groups is 1. The maximum absolute atomic E-state index is 11.3. The van der Waals surface area contributed by atoms with Crippen molar-refractivity contribution in [1.29, 1.82) is 0 Å². The van der Waals surface area contributed by atoms with E-state index in [1.807, 2.05) is 24.3 Å². The number of nitrogens with one attached hydrogen (secondary N) is 1. The summed E-state index contributed by atoms with van der Waals surface area (Å²) in [6, 6.07) is 13.8. The molecular weight excluding hydrogens is 322 g/mol. The Hall–Kier alpha value is -3.22. The number of benzene rings is 2. The molecule has 0 unspecified atom stereocenters. The molecule has 2 aromatic carbocycles. The Morgan fingerprint density at radius 2 is 2.04 bits per heavy atom. The van der Waals surface area contributed by atoms with Gasteiger partial charge in [-0.1, -0.05) is 24.3 Å². The van der Waals surface area contributed by atoms with E-state index in [9.17, 15) is 14.9 Å². The number of ether oxygens (including phenoxy) is 1. The Bertz CT molecular complexity index is 757. The van der Waals surface area contributed by atoms with Crippen LogP contribution in [-0.4, -0.2) is 30.3 Å². The second-order valence-corrected chi connectivity index (χ2v) is 5.18. The lowest BCUT2D eigenvalue weighted by molar-refractivity contribution is -0.384. The number of rotatable bonds is 8. The quantitative estimate of drug-likeness (QED) is 0.344. The predicted octanol–water partition coefficient (Wildman–Crippen LogP) is 3.19. The van der Waals surface area contributed by atoms with Crippen molar-refractivity contribution in [2.45, 2.75) is 13.5 Å². The summed E-state index contributed by atoms with van der Waals surface area (Å²) in [6.45, 7) is 2.71. The third-order valence-corrected chi connectivity index (χ3v) is 3.29. The summed E-state index contributed by atoms with van der Waals surface area (Å²) in [5, 5.41) is 13.7. The zero-order valence-electron chi connectivity index (χ0n) is 13.8. The van der Waals surface area contributed by atoms with Crippen LogP contribution in [0.5, 0.6) is 0 Å². The number of non-ortho nitro benzene ring substituents is 1. The zero-order valence-corrected chi connectivity index (χ0v) is 13.8. The fourth-order valence-electron chi connectivity index (χ4n) is 2.09. The molecule has 0 fully saturated rings. The van der Waals surface area contributed by atoms with Crippen LogP contribution in [0.3, 0.4) is 0 Å². The first-order valence-corrected chi connectivity index (χ1v) is 7.81. The maximum Gasteiger partial charge on any atom is 0.325 e. The van der Waals surface area contributed by atoms with Gasteiger partial charge >= 0.3 is 5.97 Å². The molecule has 0 atom stereocenters. The largest absolute Gasteiger partial charge is 0.465 e. The zero-order chi connectivity index (χ0) is 18.1. The van der Waals surface area contributed by atoms with Crippen LogP contribution < -0.4 is 5.32 Å². The van der Waals surface area contributed by atoms with E-state index in [0.29, 0.717) is 18.7 Å². The first-order chi connectivity index (χ1) is 12.1. The topological polar surface area (TPSA) is 93.8 Å². The van der Waals surface area contributed by atoms with E-state index in [4.69, 9.17) is 4.74 Å². The van der Waals surface area contributed by atoms with Crippen LogP contribution in [0.1, 0.15) is 18.1 Å². The van der Waals surface area contributed by atoms with E-state index in [1.165, 1.54) is 12.1 Å². The summed E-state index contributed by atoms with van der Waals surface area (Å²) < 4.78 is 4.84. The fourth-order valence-corrected chi connectivity index (χ4v) is 2.09. The standard InChI is InChI=1S/C18H19N3O4/c1-2-25-18(22)13-20-16-8-6-14(7-9-16)11-19-12-15-4-3-5-17(10-15)21(23)24/h3-10,12,20H,2,11,13H2,1H3. The number of carbonyl (C=O) groups excluding carboxylic acids is 1. The third kappa shape index (κ3) is 6.06. The molecule has 25 heavy (non-hydrogen) atoms. The normalized spacial score (nSPS) is 10.6. The van der Waals surface area contributed by atoms with Crippen molar-refractivity contribution < 1.29 is 14.5 Å². The second kappa shape index (κ2) is 9.17. The number of esters is 1. The first kappa shape index (κ1) is 18.1. The van der Waals surface area contributed by atoms with E-state index in [1.54, 1.807) is 25.3 Å². The van der Waals surface area contributed by atoms with Crippen molar-refractivity contribution in [2.75, 3.05) is 18.5 Å². The minimum atomic E-state index is -0.431. The van der Waals surface area contributed by atoms with Crippen LogP contribution in [0.2, 0.25) is 0 Å². The number of nitro benzene ring substituents is 1. The molecular formula is C18H19N3O4. The molecule has 0 aromatic heterocycles. The van der Waals surface area contributed by atoms with Crippen molar-refractivity contribution in [3.05, 3.63) is 69.8 Å². The molecule has 0 saturated carbocycles. The minimum absolute atomic E-state index is 0.0426. The number of aliphatic imine (C=N–C) groups is 1. The molecule has 7 heteroatoms. The van der Waals surface area contributed by atoms with Crippen molar-refractivity contribution >= 4 is 23.6 Å². The highest BCUT2D eigenvalue weighted by molar-refractivity contribution is 5.80. The van der Waals surface area contributed by atoms with Gasteiger partial charge in [-0.15, -0.1) is 0 Å². The molecule has 0 aliphatic carbocycles. The third-order valence-electron chi connectivity index (χ3n) is 3.29. The fraction of sp³-hybridized carbons (Fsp3) is 0.222. The molecule has 0 heterocycles. The highest BCUT2D eigenvalue weighted by Crippen LogP contribution is 2.13. The summed E-state index contributed by atoms with van der Waals surface area (Å²) in [5.74, 6) is -0.298. The molecule has 2 aromatic rings. The van der Waals surface area contributed by atoms with Gasteiger partial charge in [-0.3, -0.25) is 19.9 Å². The van der Waals surface area contributed by atoms with Crippen LogP contribution in [0.25, 0.3) is 0 Å². The van der Waals surface area contributed by atoms with Crippen LogP contribution in [0.4, 0.5) is 11.4 Å². The number of hydrogen-bond acceptors (Lipinski definition) is 6. The van der Waals surface area contributed by atoms with E-state index in [0.717, 1.165) is 11.3 Å². The molecule has 0 aliphatic heterocycles. The van der Waals surface area contributed by atoms with Crippen molar-refractivity contribution in [3.8, 4) is 0 Å². The van der Waals surface area contributed by atoms with E-state index >= 15 is 0 Å². The van der Waals surface area contributed by atoms with Gasteiger partial charge in [0, 0.05) is 24.0 Å². The van der Waals surface area contributed by atoms with Crippen LogP contribution in [-0.2, 0) is 16.1 Å². The van der Waals surface area contributed by atoms with E-state index in [2.05, 4.69) is 10.3 Å². The van der Waals surface area contributed by atoms with Gasteiger partial charge in [-0.25, -0.2) is 0 Å². The molecule has 0 spiro atoms. The highest BCUT2D eigenvalue weighted by atomic mass is 16.6. The van der Waals surface area contributed by atoms with Crippen molar-refractivity contribution in [1.82, 2.24) is 0 Å². The molecule has 2 rings (SSSR count). The van der Waals surface area contributed by atoms with Gasteiger partial charge in [-0.05, 0) is 30.2 Å². The lowest BCUT2D eigenvalue weighted by Gasteiger charge is -2.06. The Morgan fingerprint density at radius 3 is 2.72 bits per heavy atom. The van der Waals surface area contributed by atoms with Gasteiger partial charge in [0.05, 0.1) is 18.1 Å². The number of carbonyl (C=O) groups is 1. The van der Waals surface area contributed by atoms with Gasteiger partial charge in [0.15, 0.2) is 0 Å². The van der Waals surface area contributed by atoms with Crippen molar-refractivity contribution in [3.63, 3.8) is 0 Å². The van der Waals surface area contributed by atoms with Gasteiger partial charge in [0.1, 0.15) is 6.54 Å². The molecule has 0 radical (unpaired) electrons. The Kier molecular flexibility index (Phi) is 6.65. The lowest BCUT2D eigenvalue weighted by atomic mass is 10.2. The average Bonchev–Trinajstić information content (AvgIpc) is 2.61. The summed E-state index contributed by atoms with van der Waals surface area (Å²) in [5.41, 5.74) is 2.53. The van der Waals surface area contributed by atoms with Gasteiger partial charge < -0.3 is 10.1 Å². The first-order valence-electron chi connectivity index (χ1n) is 7.81. The molecule has 0 amide bonds. The molecule has 130 valence electrons. The van der Waals surface area contributed by atoms with Crippen LogP contribution in [0.15, 0.2) is 53.5 Å². The average molecular weight is 341 g/mol. The Balaban J connectivity index is 1.88. The second-order valence-electron chi connectivity index (χ2n) is 5.18. The molecule has 7 nitrogen and oxygen atoms in total. The number of anilines is 1. The van der Waals surface area contributed by atoms with E-state index in [-0.39, 0.29) is 18.2 Å². The predicted molar refractivity (Wildman–Crippen MR) is 96.0 cm³/mol. The molecule has 0 bridgehead atoms. The van der Waals surface area contributed by atoms with Crippen LogP contribution >= 0.6 is 0 Å². The van der Waals surface area contributed by atoms with Crippen molar-refractivity contribution in [2.24, 2.45) is 4.99 Å². The highest BCUT2D eigenvalue weighted by Gasteiger charge is 2.04. The van der Waals surface area contributed by atoms with Gasteiger partial charge in [-0.2, -0.15) is 0 Å². The molecule has 0 aliphatic rings. The summed E-state index contributed by atoms with van der Waals surface area (Å²) in [7, 11) is 0. The lowest BCUT2D eigenvalue weighted by Crippen LogP contribution is -2.16. The monoisotopic (exact) mass is 341 g/mol. The van der Waals surface area contributed by atoms with E-state index < -0.39 is 4.92 Å². The maximum atomic E-state index is 11.3. The minimum Gasteiger partial charge on any atom is -0.465 e.